The van der Waals surface area contributed by atoms with Gasteiger partial charge in [-0.1, -0.05) is 0 Å². The van der Waals surface area contributed by atoms with Gasteiger partial charge in [0.25, 0.3) is 11.8 Å². The molecule has 246 valence electrons. The lowest BCUT2D eigenvalue weighted by Crippen LogP contribution is -2.52. The Kier molecular flexibility index (Phi) is 9.42. The first-order valence-electron chi connectivity index (χ1n) is 15.5. The van der Waals surface area contributed by atoms with E-state index in [9.17, 15) is 31.9 Å². The number of aryl methyl sites for hydroxylation is 1. The summed E-state index contributed by atoms with van der Waals surface area (Å²) in [6.07, 6.45) is 2.25. The number of nitrogens with zero attached hydrogens (tertiary/aromatic N) is 3. The van der Waals surface area contributed by atoms with E-state index in [0.29, 0.717) is 25.9 Å². The number of anilines is 1. The van der Waals surface area contributed by atoms with E-state index in [4.69, 9.17) is 0 Å². The van der Waals surface area contributed by atoms with Crippen molar-refractivity contribution in [3.8, 4) is 0 Å². The summed E-state index contributed by atoms with van der Waals surface area (Å²) < 4.78 is 55.2. The summed E-state index contributed by atoms with van der Waals surface area (Å²) in [5.74, 6) is -2.59. The Hall–Kier alpha value is -3.46. The first-order chi connectivity index (χ1) is 22.0. The van der Waals surface area contributed by atoms with Crippen molar-refractivity contribution < 1.29 is 31.9 Å². The topological polar surface area (TPSA) is 132 Å². The fourth-order valence-electron chi connectivity index (χ4n) is 6.67. The number of aliphatic hydroxyl groups is 1. The zero-order valence-corrected chi connectivity index (χ0v) is 27.0. The number of hydrogen-bond donors (Lipinski definition) is 3. The second-order valence-corrected chi connectivity index (χ2v) is 15.2. The maximum absolute atomic E-state index is 14.1. The number of carbonyl (C=O) groups is 2. The number of amides is 2. The summed E-state index contributed by atoms with van der Waals surface area (Å²) in [6, 6.07) is 5.92. The molecule has 14 heteroatoms. The van der Waals surface area contributed by atoms with E-state index < -0.39 is 39.7 Å². The molecule has 0 saturated carbocycles. The molecule has 2 amide bonds. The molecule has 4 heterocycles. The van der Waals surface area contributed by atoms with E-state index in [1.807, 2.05) is 12.3 Å². The number of aliphatic hydroxyl groups excluding tert-OH is 1. The predicted octanol–water partition coefficient (Wildman–Crippen LogP) is 3.70. The van der Waals surface area contributed by atoms with Crippen LogP contribution >= 0.6 is 11.3 Å². The number of aromatic nitrogens is 1. The molecule has 3 saturated heterocycles. The first-order valence-corrected chi connectivity index (χ1v) is 18.0. The van der Waals surface area contributed by atoms with Crippen molar-refractivity contribution >= 4 is 38.9 Å². The van der Waals surface area contributed by atoms with Crippen molar-refractivity contribution in [2.75, 3.05) is 29.7 Å². The smallest absolute Gasteiger partial charge is 0.254 e. The summed E-state index contributed by atoms with van der Waals surface area (Å²) >= 11 is 1.48. The molecule has 46 heavy (non-hydrogen) atoms. The summed E-state index contributed by atoms with van der Waals surface area (Å²) in [5, 5.41) is 20.1. The van der Waals surface area contributed by atoms with E-state index in [0.717, 1.165) is 48.2 Å². The Labute approximate surface area is 270 Å². The molecule has 3 aliphatic rings. The molecule has 4 atom stereocenters. The van der Waals surface area contributed by atoms with Crippen LogP contribution in [-0.4, -0.2) is 78.8 Å². The Balaban J connectivity index is 1.34. The van der Waals surface area contributed by atoms with Crippen molar-refractivity contribution in [2.45, 2.75) is 69.7 Å². The number of hydrogen-bond acceptors (Lipinski definition) is 8. The van der Waals surface area contributed by atoms with Crippen LogP contribution in [0.3, 0.4) is 0 Å². The standard InChI is InChI=1S/C32H37F2N5O5S2/c1-19-18-45-31(36-19)28-6-3-8-38(28)32(42)22-14-21(15-25(16-22)39-9-4-10-46(39,43)44)30(41)37-27(29(40)26-5-2-7-35-26)13-20-11-23(33)17-24(34)12-20/h11-12,14-18,26-29,35,40H,2-10,13H2,1H3,(H,37,41)/t26-,27+,28-,29-/m1/s1. The van der Waals surface area contributed by atoms with Crippen LogP contribution < -0.4 is 14.9 Å². The van der Waals surface area contributed by atoms with Gasteiger partial charge in [0.15, 0.2) is 0 Å². The van der Waals surface area contributed by atoms with Crippen LogP contribution in [-0.2, 0) is 16.4 Å². The minimum Gasteiger partial charge on any atom is -0.389 e. The predicted molar refractivity (Wildman–Crippen MR) is 170 cm³/mol. The highest BCUT2D eigenvalue weighted by molar-refractivity contribution is 7.93. The van der Waals surface area contributed by atoms with E-state index in [-0.39, 0.29) is 59.1 Å². The molecule has 3 aliphatic heterocycles. The van der Waals surface area contributed by atoms with E-state index in [1.54, 1.807) is 4.90 Å². The third-order valence-electron chi connectivity index (χ3n) is 8.87. The lowest BCUT2D eigenvalue weighted by atomic mass is 9.94. The summed E-state index contributed by atoms with van der Waals surface area (Å²) in [4.78, 5) is 34.3. The largest absolute Gasteiger partial charge is 0.389 e. The molecule has 10 nitrogen and oxygen atoms in total. The van der Waals surface area contributed by atoms with E-state index in [2.05, 4.69) is 15.6 Å². The minimum atomic E-state index is -3.64. The van der Waals surface area contributed by atoms with Crippen molar-refractivity contribution in [1.82, 2.24) is 20.5 Å². The Morgan fingerprint density at radius 2 is 1.83 bits per heavy atom. The number of sulfonamides is 1. The second kappa shape index (κ2) is 13.3. The molecule has 3 fully saturated rings. The number of nitrogens with one attached hydrogen (secondary N) is 2. The molecule has 0 bridgehead atoms. The number of halogens is 2. The highest BCUT2D eigenvalue weighted by Crippen LogP contribution is 2.36. The summed E-state index contributed by atoms with van der Waals surface area (Å²) in [5.41, 5.74) is 1.52. The fraction of sp³-hybridized carbons (Fsp3) is 0.469. The summed E-state index contributed by atoms with van der Waals surface area (Å²) in [7, 11) is -3.64. The van der Waals surface area contributed by atoms with Gasteiger partial charge in [-0.05, 0) is 87.9 Å². The molecule has 2 aromatic carbocycles. The molecule has 1 aromatic heterocycles. The van der Waals surface area contributed by atoms with Crippen LogP contribution in [0.2, 0.25) is 0 Å². The van der Waals surface area contributed by atoms with Crippen molar-refractivity contribution in [3.63, 3.8) is 0 Å². The fourth-order valence-corrected chi connectivity index (χ4v) is 9.16. The number of rotatable bonds is 9. The van der Waals surface area contributed by atoms with Gasteiger partial charge in [0, 0.05) is 47.4 Å². The zero-order valence-electron chi connectivity index (χ0n) is 25.4. The number of likely N-dealkylation sites (tertiary alicyclic amines) is 1. The lowest BCUT2D eigenvalue weighted by molar-refractivity contribution is 0.0733. The molecule has 0 unspecified atom stereocenters. The van der Waals surface area contributed by atoms with E-state index in [1.165, 1.54) is 33.8 Å². The third-order valence-corrected chi connectivity index (χ3v) is 11.8. The molecule has 6 rings (SSSR count). The van der Waals surface area contributed by atoms with Gasteiger partial charge >= 0.3 is 0 Å². The monoisotopic (exact) mass is 673 g/mol. The van der Waals surface area contributed by atoms with Crippen LogP contribution in [0.4, 0.5) is 14.5 Å². The molecule has 0 spiro atoms. The van der Waals surface area contributed by atoms with Crippen LogP contribution in [0.1, 0.15) is 75.1 Å². The maximum atomic E-state index is 14.1. The molecule has 0 aliphatic carbocycles. The molecule has 0 radical (unpaired) electrons. The van der Waals surface area contributed by atoms with Gasteiger partial charge in [-0.25, -0.2) is 22.2 Å². The first kappa shape index (κ1) is 32.5. The Bertz CT molecular complexity index is 1710. The van der Waals surface area contributed by atoms with Crippen molar-refractivity contribution in [2.24, 2.45) is 0 Å². The van der Waals surface area contributed by atoms with Crippen LogP contribution in [0.15, 0.2) is 41.8 Å². The van der Waals surface area contributed by atoms with Gasteiger partial charge in [-0.15, -0.1) is 11.3 Å². The average Bonchev–Trinajstić information content (AvgIpc) is 3.83. The maximum Gasteiger partial charge on any atom is 0.254 e. The Morgan fingerprint density at radius 3 is 2.48 bits per heavy atom. The Morgan fingerprint density at radius 1 is 1.07 bits per heavy atom. The van der Waals surface area contributed by atoms with Crippen LogP contribution in [0.5, 0.6) is 0 Å². The molecule has 3 N–H and O–H groups in total. The minimum absolute atomic E-state index is 0.0331. The molecular formula is C32H37F2N5O5S2. The molecular weight excluding hydrogens is 637 g/mol. The number of carbonyl (C=O) groups excluding carboxylic acids is 2. The second-order valence-electron chi connectivity index (χ2n) is 12.2. The number of thiazole rings is 1. The quantitative estimate of drug-likeness (QED) is 0.316. The van der Waals surface area contributed by atoms with Crippen LogP contribution in [0, 0.1) is 18.6 Å². The van der Waals surface area contributed by atoms with Crippen molar-refractivity contribution in [3.05, 3.63) is 80.8 Å². The van der Waals surface area contributed by atoms with Gasteiger partial charge in [0.1, 0.15) is 16.6 Å². The van der Waals surface area contributed by atoms with Gasteiger partial charge in [0.05, 0.1) is 29.6 Å². The van der Waals surface area contributed by atoms with Gasteiger partial charge in [-0.3, -0.25) is 13.9 Å². The lowest BCUT2D eigenvalue weighted by Gasteiger charge is -2.29. The normalized spacial score (nSPS) is 22.3. The number of benzene rings is 2. The van der Waals surface area contributed by atoms with Gasteiger partial charge in [0.2, 0.25) is 10.0 Å². The SMILES string of the molecule is Cc1csc([C@H]2CCCN2C(=O)c2cc(C(=O)N[C@@H](Cc3cc(F)cc(F)c3)[C@H](O)[C@H]3CCCN3)cc(N3CCCS3(=O)=O)c2)n1. The van der Waals surface area contributed by atoms with Crippen LogP contribution in [0.25, 0.3) is 0 Å². The highest BCUT2D eigenvalue weighted by atomic mass is 32.2. The highest BCUT2D eigenvalue weighted by Gasteiger charge is 2.36. The third kappa shape index (κ3) is 6.94. The average molecular weight is 674 g/mol. The van der Waals surface area contributed by atoms with Gasteiger partial charge < -0.3 is 20.6 Å². The zero-order chi connectivity index (χ0) is 32.6. The summed E-state index contributed by atoms with van der Waals surface area (Å²) in [6.45, 7) is 3.28. The van der Waals surface area contributed by atoms with Crippen molar-refractivity contribution in [1.29, 1.82) is 0 Å². The van der Waals surface area contributed by atoms with E-state index >= 15 is 0 Å². The molecule has 3 aromatic rings. The van der Waals surface area contributed by atoms with Gasteiger partial charge in [-0.2, -0.15) is 0 Å².